The highest BCUT2D eigenvalue weighted by Crippen LogP contribution is 2.29. The molecule has 1 aromatic carbocycles. The van der Waals surface area contributed by atoms with E-state index in [2.05, 4.69) is 0 Å². The van der Waals surface area contributed by atoms with Gasteiger partial charge in [0.1, 0.15) is 12.1 Å². The predicted molar refractivity (Wildman–Crippen MR) is 73.6 cm³/mol. The van der Waals surface area contributed by atoms with Crippen molar-refractivity contribution in [1.29, 1.82) is 0 Å². The first-order chi connectivity index (χ1) is 9.58. The third kappa shape index (κ3) is 2.69. The van der Waals surface area contributed by atoms with Gasteiger partial charge >= 0.3 is 5.63 Å². The van der Waals surface area contributed by atoms with Gasteiger partial charge in [-0.25, -0.2) is 4.79 Å². The number of nitrogens with two attached hydrogens (primary N) is 1. The molecular formula is C15H19NO4. The molecular weight excluding hydrogens is 258 g/mol. The van der Waals surface area contributed by atoms with Gasteiger partial charge in [0.05, 0.1) is 13.2 Å². The van der Waals surface area contributed by atoms with Crippen LogP contribution >= 0.6 is 0 Å². The monoisotopic (exact) mass is 277 g/mol. The number of hydrogen-bond donors (Lipinski definition) is 2. The SMILES string of the molecule is CCc1cc(=O)oc2c(C)c([O-])c(C[NH2+]CCO)cc12. The molecule has 0 amide bonds. The maximum atomic E-state index is 12.2. The van der Waals surface area contributed by atoms with Crippen molar-refractivity contribution >= 4 is 11.0 Å². The van der Waals surface area contributed by atoms with Crippen molar-refractivity contribution in [3.8, 4) is 5.75 Å². The van der Waals surface area contributed by atoms with E-state index in [9.17, 15) is 9.90 Å². The van der Waals surface area contributed by atoms with Crippen LogP contribution in [0.5, 0.6) is 5.75 Å². The molecule has 0 fully saturated rings. The summed E-state index contributed by atoms with van der Waals surface area (Å²) in [4.78, 5) is 11.5. The average Bonchev–Trinajstić information content (AvgIpc) is 2.44. The highest BCUT2D eigenvalue weighted by Gasteiger charge is 2.11. The van der Waals surface area contributed by atoms with E-state index >= 15 is 0 Å². The molecule has 2 aromatic rings. The molecule has 1 aromatic heterocycles. The van der Waals surface area contributed by atoms with Gasteiger partial charge in [-0.3, -0.25) is 0 Å². The standard InChI is InChI=1S/C15H19NO4/c1-3-10-7-13(18)20-15-9(2)14(19)11(6-12(10)15)8-16-4-5-17/h6-7,16-17,19H,3-5,8H2,1-2H3. The molecule has 0 bridgehead atoms. The van der Waals surface area contributed by atoms with Gasteiger partial charge in [0.15, 0.2) is 0 Å². The van der Waals surface area contributed by atoms with Crippen LogP contribution < -0.4 is 16.0 Å². The highest BCUT2D eigenvalue weighted by atomic mass is 16.4. The summed E-state index contributed by atoms with van der Waals surface area (Å²) in [6.45, 7) is 4.80. The van der Waals surface area contributed by atoms with Crippen LogP contribution in [0.15, 0.2) is 21.3 Å². The lowest BCUT2D eigenvalue weighted by Crippen LogP contribution is -2.83. The number of aryl methyl sites for hydroxylation is 2. The third-order valence-corrected chi connectivity index (χ3v) is 3.46. The smallest absolute Gasteiger partial charge is 0.336 e. The van der Waals surface area contributed by atoms with Crippen LogP contribution in [0.25, 0.3) is 11.0 Å². The topological polar surface area (TPSA) is 90.1 Å². The van der Waals surface area contributed by atoms with Gasteiger partial charge in [-0.15, -0.1) is 0 Å². The van der Waals surface area contributed by atoms with Gasteiger partial charge in [-0.05, 0) is 36.1 Å². The lowest BCUT2D eigenvalue weighted by atomic mass is 10.0. The van der Waals surface area contributed by atoms with E-state index in [0.29, 0.717) is 36.2 Å². The molecule has 108 valence electrons. The van der Waals surface area contributed by atoms with E-state index < -0.39 is 5.63 Å². The minimum atomic E-state index is -0.420. The van der Waals surface area contributed by atoms with Gasteiger partial charge in [0, 0.05) is 11.5 Å². The Kier molecular flexibility index (Phi) is 4.42. The van der Waals surface area contributed by atoms with Gasteiger partial charge in [0.25, 0.3) is 0 Å². The van der Waals surface area contributed by atoms with Crippen LogP contribution in [0.4, 0.5) is 0 Å². The van der Waals surface area contributed by atoms with Crippen molar-refractivity contribution in [2.45, 2.75) is 26.8 Å². The molecule has 0 unspecified atom stereocenters. The van der Waals surface area contributed by atoms with Crippen LogP contribution in [0, 0.1) is 6.92 Å². The second-order valence-corrected chi connectivity index (χ2v) is 4.82. The number of benzene rings is 1. The molecule has 0 saturated heterocycles. The van der Waals surface area contributed by atoms with Crippen LogP contribution in [0.2, 0.25) is 0 Å². The zero-order valence-electron chi connectivity index (χ0n) is 11.7. The van der Waals surface area contributed by atoms with E-state index in [-0.39, 0.29) is 12.4 Å². The lowest BCUT2D eigenvalue weighted by molar-refractivity contribution is -0.672. The molecule has 20 heavy (non-hydrogen) atoms. The van der Waals surface area contributed by atoms with Crippen LogP contribution in [-0.4, -0.2) is 18.3 Å². The van der Waals surface area contributed by atoms with Crippen LogP contribution in [0.3, 0.4) is 0 Å². The van der Waals surface area contributed by atoms with E-state index in [4.69, 9.17) is 9.52 Å². The molecule has 5 heteroatoms. The fourth-order valence-electron chi connectivity index (χ4n) is 2.36. The van der Waals surface area contributed by atoms with E-state index in [1.807, 2.05) is 12.2 Å². The fraction of sp³-hybridized carbons (Fsp3) is 0.400. The summed E-state index contributed by atoms with van der Waals surface area (Å²) in [5.74, 6) is -0.0944. The molecule has 0 atom stereocenters. The quantitative estimate of drug-likeness (QED) is 0.584. The van der Waals surface area contributed by atoms with Crippen molar-refractivity contribution < 1.29 is 19.9 Å². The Morgan fingerprint density at radius 2 is 2.10 bits per heavy atom. The molecule has 0 aliphatic carbocycles. The number of fused-ring (bicyclic) bond motifs is 1. The zero-order valence-corrected chi connectivity index (χ0v) is 11.7. The van der Waals surface area contributed by atoms with Gasteiger partial charge < -0.3 is 19.9 Å². The van der Waals surface area contributed by atoms with Crippen molar-refractivity contribution in [1.82, 2.24) is 0 Å². The fourth-order valence-corrected chi connectivity index (χ4v) is 2.36. The maximum absolute atomic E-state index is 12.2. The summed E-state index contributed by atoms with van der Waals surface area (Å²) < 4.78 is 5.19. The molecule has 0 spiro atoms. The largest absolute Gasteiger partial charge is 0.872 e. The summed E-state index contributed by atoms with van der Waals surface area (Å²) in [7, 11) is 0. The molecule has 1 heterocycles. The Morgan fingerprint density at radius 3 is 2.75 bits per heavy atom. The molecule has 5 nitrogen and oxygen atoms in total. The highest BCUT2D eigenvalue weighted by molar-refractivity contribution is 5.86. The molecule has 0 aliphatic heterocycles. The van der Waals surface area contributed by atoms with Crippen LogP contribution in [-0.2, 0) is 13.0 Å². The Balaban J connectivity index is 2.59. The molecule has 0 saturated carbocycles. The Morgan fingerprint density at radius 1 is 1.35 bits per heavy atom. The van der Waals surface area contributed by atoms with Crippen molar-refractivity contribution in [3.05, 3.63) is 39.2 Å². The summed E-state index contributed by atoms with van der Waals surface area (Å²) in [5.41, 5.74) is 2.01. The average molecular weight is 277 g/mol. The van der Waals surface area contributed by atoms with E-state index in [0.717, 1.165) is 10.9 Å². The minimum absolute atomic E-state index is 0.0792. The first-order valence-electron chi connectivity index (χ1n) is 6.77. The molecule has 0 aliphatic rings. The first kappa shape index (κ1) is 14.6. The second kappa shape index (κ2) is 6.07. The summed E-state index contributed by atoms with van der Waals surface area (Å²) in [5, 5.41) is 23.7. The van der Waals surface area contributed by atoms with E-state index in [1.54, 1.807) is 13.0 Å². The predicted octanol–water partition coefficient (Wildman–Crippen LogP) is -0.207. The molecule has 2 rings (SSSR count). The van der Waals surface area contributed by atoms with Crippen molar-refractivity contribution in [2.75, 3.05) is 13.2 Å². The summed E-state index contributed by atoms with van der Waals surface area (Å²) >= 11 is 0. The van der Waals surface area contributed by atoms with Gasteiger partial charge in [-0.2, -0.15) is 0 Å². The second-order valence-electron chi connectivity index (χ2n) is 4.82. The number of quaternary nitrogens is 1. The Hall–Kier alpha value is -1.85. The number of hydrogen-bond acceptors (Lipinski definition) is 4. The molecule has 3 N–H and O–H groups in total. The van der Waals surface area contributed by atoms with Crippen LogP contribution in [0.1, 0.15) is 23.6 Å². The van der Waals surface area contributed by atoms with Gasteiger partial charge in [0.2, 0.25) is 0 Å². The molecule has 0 radical (unpaired) electrons. The van der Waals surface area contributed by atoms with E-state index in [1.165, 1.54) is 6.07 Å². The normalized spacial score (nSPS) is 11.2. The maximum Gasteiger partial charge on any atom is 0.336 e. The Bertz CT molecular complexity index is 676. The number of aliphatic hydroxyl groups excluding tert-OH is 1. The Labute approximate surface area is 116 Å². The third-order valence-electron chi connectivity index (χ3n) is 3.46. The summed E-state index contributed by atoms with van der Waals surface area (Å²) in [6.07, 6.45) is 0.708. The minimum Gasteiger partial charge on any atom is -0.872 e. The van der Waals surface area contributed by atoms with Gasteiger partial charge in [-0.1, -0.05) is 12.7 Å². The van der Waals surface area contributed by atoms with Crippen molar-refractivity contribution in [2.24, 2.45) is 0 Å². The number of rotatable bonds is 5. The zero-order chi connectivity index (χ0) is 14.7. The number of aliphatic hydroxyl groups is 1. The lowest BCUT2D eigenvalue weighted by Gasteiger charge is -2.18. The first-order valence-corrected chi connectivity index (χ1v) is 6.77. The van der Waals surface area contributed by atoms with Crippen molar-refractivity contribution in [3.63, 3.8) is 0 Å². The summed E-state index contributed by atoms with van der Waals surface area (Å²) in [6, 6.07) is 3.29.